The molecule has 0 aliphatic carbocycles. The molecule has 0 amide bonds. The van der Waals surface area contributed by atoms with Crippen molar-refractivity contribution in [2.75, 3.05) is 24.1 Å². The summed E-state index contributed by atoms with van der Waals surface area (Å²) in [6.07, 6.45) is 4.20. The summed E-state index contributed by atoms with van der Waals surface area (Å²) in [5.41, 5.74) is 10.6. The number of halogens is 2. The number of rotatable bonds is 5. The highest BCUT2D eigenvalue weighted by Crippen LogP contribution is 2.40. The van der Waals surface area contributed by atoms with E-state index in [2.05, 4.69) is 26.3 Å². The zero-order chi connectivity index (χ0) is 22.9. The SMILES string of the molecule is Nc1cccc(-c2cccc(Nc3nccc4cc(CN5CC[C@@H](O)C5)cnc34)c2Cl)c1Cl. The number of nitrogens with one attached hydrogen (secondary N) is 1. The summed E-state index contributed by atoms with van der Waals surface area (Å²) in [4.78, 5) is 11.4. The predicted octanol–water partition coefficient (Wildman–Crippen LogP) is 5.50. The van der Waals surface area contributed by atoms with Gasteiger partial charge in [0.15, 0.2) is 5.82 Å². The lowest BCUT2D eigenvalue weighted by Crippen LogP contribution is -2.21. The highest BCUT2D eigenvalue weighted by atomic mass is 35.5. The fraction of sp³-hybridized carbons (Fsp3) is 0.200. The van der Waals surface area contributed by atoms with Crippen molar-refractivity contribution >= 4 is 51.3 Å². The number of nitrogens with two attached hydrogens (primary N) is 1. The third-order valence-corrected chi connectivity index (χ3v) is 6.71. The minimum atomic E-state index is -0.235. The molecule has 1 aliphatic rings. The highest BCUT2D eigenvalue weighted by molar-refractivity contribution is 6.39. The molecular formula is C25H23Cl2N5O. The van der Waals surface area contributed by atoms with Gasteiger partial charge in [0, 0.05) is 48.5 Å². The van der Waals surface area contributed by atoms with Crippen molar-refractivity contribution in [2.45, 2.75) is 19.1 Å². The van der Waals surface area contributed by atoms with Gasteiger partial charge in [-0.15, -0.1) is 0 Å². The number of aliphatic hydroxyl groups is 1. The second-order valence-corrected chi connectivity index (χ2v) is 9.01. The molecule has 4 aromatic rings. The third kappa shape index (κ3) is 4.48. The molecule has 1 fully saturated rings. The molecular weight excluding hydrogens is 457 g/mol. The Balaban J connectivity index is 1.45. The van der Waals surface area contributed by atoms with E-state index >= 15 is 0 Å². The Kier molecular flexibility index (Phi) is 6.08. The van der Waals surface area contributed by atoms with Crippen LogP contribution in [0.4, 0.5) is 17.2 Å². The van der Waals surface area contributed by atoms with E-state index in [0.29, 0.717) is 33.8 Å². The Morgan fingerprint density at radius 2 is 1.85 bits per heavy atom. The first-order valence-corrected chi connectivity index (χ1v) is 11.5. The molecule has 0 bridgehead atoms. The molecule has 4 N–H and O–H groups in total. The zero-order valence-corrected chi connectivity index (χ0v) is 19.3. The van der Waals surface area contributed by atoms with Gasteiger partial charge in [0.1, 0.15) is 5.52 Å². The first-order chi connectivity index (χ1) is 16.0. The van der Waals surface area contributed by atoms with E-state index < -0.39 is 0 Å². The topological polar surface area (TPSA) is 87.3 Å². The number of benzene rings is 2. The van der Waals surface area contributed by atoms with E-state index in [9.17, 15) is 5.11 Å². The van der Waals surface area contributed by atoms with Crippen molar-refractivity contribution in [3.63, 3.8) is 0 Å². The normalized spacial score (nSPS) is 16.4. The van der Waals surface area contributed by atoms with Crippen LogP contribution in [0.3, 0.4) is 0 Å². The molecule has 8 heteroatoms. The van der Waals surface area contributed by atoms with Crippen LogP contribution in [0.5, 0.6) is 0 Å². The number of nitrogen functional groups attached to an aromatic ring is 1. The molecule has 168 valence electrons. The molecule has 0 unspecified atom stereocenters. The average Bonchev–Trinajstić information content (AvgIpc) is 3.22. The quantitative estimate of drug-likeness (QED) is 0.327. The van der Waals surface area contributed by atoms with Crippen molar-refractivity contribution in [3.8, 4) is 11.1 Å². The van der Waals surface area contributed by atoms with Crippen LogP contribution in [0.25, 0.3) is 22.0 Å². The van der Waals surface area contributed by atoms with Crippen molar-refractivity contribution in [1.82, 2.24) is 14.9 Å². The van der Waals surface area contributed by atoms with Gasteiger partial charge in [0.05, 0.1) is 27.5 Å². The Morgan fingerprint density at radius 3 is 2.64 bits per heavy atom. The number of β-amino-alcohol motifs (C(OH)–C–C–N with tert-alkyl or cyclic N) is 1. The van der Waals surface area contributed by atoms with Gasteiger partial charge in [-0.1, -0.05) is 47.5 Å². The number of anilines is 3. The molecule has 1 aliphatic heterocycles. The van der Waals surface area contributed by atoms with Crippen LogP contribution in [-0.2, 0) is 6.54 Å². The van der Waals surface area contributed by atoms with Crippen LogP contribution in [0.1, 0.15) is 12.0 Å². The maximum absolute atomic E-state index is 9.77. The van der Waals surface area contributed by atoms with Crippen molar-refractivity contribution in [2.24, 2.45) is 0 Å². The molecule has 1 atom stereocenters. The van der Waals surface area contributed by atoms with Crippen LogP contribution >= 0.6 is 23.2 Å². The van der Waals surface area contributed by atoms with E-state index in [0.717, 1.165) is 47.1 Å². The van der Waals surface area contributed by atoms with Gasteiger partial charge in [-0.05, 0) is 36.2 Å². The van der Waals surface area contributed by atoms with Gasteiger partial charge in [0.25, 0.3) is 0 Å². The number of nitrogens with zero attached hydrogens (tertiary/aromatic N) is 3. The number of likely N-dealkylation sites (tertiary alicyclic amines) is 1. The number of hydrogen-bond acceptors (Lipinski definition) is 6. The largest absolute Gasteiger partial charge is 0.398 e. The zero-order valence-electron chi connectivity index (χ0n) is 17.8. The Hall–Kier alpha value is -2.90. The number of aromatic nitrogens is 2. The molecule has 0 spiro atoms. The van der Waals surface area contributed by atoms with Gasteiger partial charge in [0.2, 0.25) is 0 Å². The summed E-state index contributed by atoms with van der Waals surface area (Å²) in [6.45, 7) is 2.36. The number of pyridine rings is 2. The predicted molar refractivity (Wildman–Crippen MR) is 135 cm³/mol. The standard InChI is InChI=1S/C25H23Cl2N5O/c26-22-18(3-1-5-20(22)28)19-4-2-6-21(23(19)27)31-25-24-16(7-9-29-25)11-15(12-30-24)13-32-10-8-17(33)14-32/h1-7,9,11-12,17,33H,8,10,13-14,28H2,(H,29,31)/t17-/m1/s1. The Morgan fingerprint density at radius 1 is 1.06 bits per heavy atom. The average molecular weight is 480 g/mol. The van der Waals surface area contributed by atoms with E-state index in [1.165, 1.54) is 0 Å². The summed E-state index contributed by atoms with van der Waals surface area (Å²) in [6, 6.07) is 15.3. The smallest absolute Gasteiger partial charge is 0.156 e. The fourth-order valence-corrected chi connectivity index (χ4v) is 4.72. The molecule has 5 rings (SSSR count). The van der Waals surface area contributed by atoms with E-state index in [-0.39, 0.29) is 6.10 Å². The number of fused-ring (bicyclic) bond motifs is 1. The van der Waals surface area contributed by atoms with Gasteiger partial charge < -0.3 is 16.2 Å². The molecule has 6 nitrogen and oxygen atoms in total. The number of aliphatic hydroxyl groups excluding tert-OH is 1. The van der Waals surface area contributed by atoms with Crippen molar-refractivity contribution in [3.05, 3.63) is 76.5 Å². The summed E-state index contributed by atoms with van der Waals surface area (Å²) in [5, 5.41) is 15.1. The van der Waals surface area contributed by atoms with Crippen LogP contribution in [0.15, 0.2) is 60.9 Å². The lowest BCUT2D eigenvalue weighted by molar-refractivity contribution is 0.175. The second kappa shape index (κ2) is 9.15. The van der Waals surface area contributed by atoms with Crippen molar-refractivity contribution < 1.29 is 5.11 Å². The lowest BCUT2D eigenvalue weighted by Gasteiger charge is -2.16. The van der Waals surface area contributed by atoms with Gasteiger partial charge in [-0.25, -0.2) is 4.98 Å². The molecule has 0 saturated carbocycles. The first-order valence-electron chi connectivity index (χ1n) is 10.7. The summed E-state index contributed by atoms with van der Waals surface area (Å²) in [7, 11) is 0. The molecule has 0 radical (unpaired) electrons. The van der Waals surface area contributed by atoms with Crippen LogP contribution in [0, 0.1) is 0 Å². The minimum Gasteiger partial charge on any atom is -0.398 e. The molecule has 2 aromatic carbocycles. The van der Waals surface area contributed by atoms with Crippen molar-refractivity contribution in [1.29, 1.82) is 0 Å². The van der Waals surface area contributed by atoms with Gasteiger partial charge >= 0.3 is 0 Å². The Labute approximate surface area is 202 Å². The number of hydrogen-bond donors (Lipinski definition) is 3. The van der Waals surface area contributed by atoms with Crippen LogP contribution in [-0.4, -0.2) is 39.2 Å². The summed E-state index contributed by atoms with van der Waals surface area (Å²) < 4.78 is 0. The van der Waals surface area contributed by atoms with Crippen LogP contribution < -0.4 is 11.1 Å². The van der Waals surface area contributed by atoms with Gasteiger partial charge in [-0.3, -0.25) is 9.88 Å². The fourth-order valence-electron chi connectivity index (χ4n) is 4.22. The summed E-state index contributed by atoms with van der Waals surface area (Å²) in [5.74, 6) is 0.619. The third-order valence-electron chi connectivity index (χ3n) is 5.88. The van der Waals surface area contributed by atoms with Crippen LogP contribution in [0.2, 0.25) is 10.0 Å². The van der Waals surface area contributed by atoms with E-state index in [4.69, 9.17) is 28.9 Å². The second-order valence-electron chi connectivity index (χ2n) is 8.25. The maximum atomic E-state index is 9.77. The van der Waals surface area contributed by atoms with E-state index in [1.54, 1.807) is 12.3 Å². The minimum absolute atomic E-state index is 0.235. The molecule has 1 saturated heterocycles. The maximum Gasteiger partial charge on any atom is 0.156 e. The molecule has 2 aromatic heterocycles. The summed E-state index contributed by atoms with van der Waals surface area (Å²) >= 11 is 13.2. The Bertz CT molecular complexity index is 1330. The van der Waals surface area contributed by atoms with Gasteiger partial charge in [-0.2, -0.15) is 0 Å². The molecule has 33 heavy (non-hydrogen) atoms. The first kappa shape index (κ1) is 21.9. The monoisotopic (exact) mass is 479 g/mol. The molecule has 3 heterocycles. The van der Waals surface area contributed by atoms with E-state index in [1.807, 2.05) is 42.6 Å². The lowest BCUT2D eigenvalue weighted by atomic mass is 10.0. The highest BCUT2D eigenvalue weighted by Gasteiger charge is 2.20.